The van der Waals surface area contributed by atoms with E-state index in [1.807, 2.05) is 6.40 Å². The van der Waals surface area contributed by atoms with Gasteiger partial charge in [0, 0.05) is 48.4 Å². The van der Waals surface area contributed by atoms with Crippen molar-refractivity contribution in [3.05, 3.63) is 86.5 Å². The summed E-state index contributed by atoms with van der Waals surface area (Å²) in [4.78, 5) is 5.34. The maximum Gasteiger partial charge on any atom is 0.174 e. The fourth-order valence-electron chi connectivity index (χ4n) is 12.6. The van der Waals surface area contributed by atoms with Gasteiger partial charge in [0.2, 0.25) is 0 Å². The van der Waals surface area contributed by atoms with Crippen LogP contribution in [0.15, 0.2) is 41.4 Å². The van der Waals surface area contributed by atoms with Crippen LogP contribution in [0.25, 0.3) is 0 Å². The van der Waals surface area contributed by atoms with Crippen molar-refractivity contribution in [2.24, 2.45) is 4.99 Å². The fraction of sp³-hybridized carbons (Fsp3) is 0.642. The van der Waals surface area contributed by atoms with E-state index in [2.05, 4.69) is 217 Å². The zero-order valence-electron chi connectivity index (χ0n) is 45.6. The third-order valence-corrected chi connectivity index (χ3v) is 44.2. The van der Waals surface area contributed by atoms with Gasteiger partial charge < -0.3 is 4.74 Å². The van der Waals surface area contributed by atoms with Crippen LogP contribution >= 0.6 is 0 Å². The molecular formula is C53H96NOSi7. The van der Waals surface area contributed by atoms with Crippen LogP contribution in [0.5, 0.6) is 0 Å². The zero-order valence-corrected chi connectivity index (χ0v) is 52.6. The normalized spacial score (nSPS) is 14.1. The minimum Gasteiger partial charge on any atom is -0.486 e. The minimum atomic E-state index is -1.75. The van der Waals surface area contributed by atoms with Crippen molar-refractivity contribution >= 4 is 79.7 Å². The Hall–Kier alpha value is -1.35. The molecule has 0 unspecified atom stereocenters. The molecule has 0 aromatic heterocycles. The summed E-state index contributed by atoms with van der Waals surface area (Å²) < 4.78 is 7.11. The lowest BCUT2D eigenvalue weighted by Gasteiger charge is -2.46. The van der Waals surface area contributed by atoms with Crippen LogP contribution in [0.4, 0.5) is 5.69 Å². The second-order valence-electron chi connectivity index (χ2n) is 26.9. The lowest BCUT2D eigenvalue weighted by molar-refractivity contribution is 0.389. The Kier molecular flexibility index (Phi) is 17.6. The third kappa shape index (κ3) is 13.2. The first-order valence-electron chi connectivity index (χ1n) is 24.3. The first-order valence-corrected chi connectivity index (χ1v) is 47.4. The first kappa shape index (κ1) is 55.0. The van der Waals surface area contributed by atoms with Gasteiger partial charge in [-0.05, 0) is 86.6 Å². The Balaban J connectivity index is 2.70. The Labute approximate surface area is 393 Å². The van der Waals surface area contributed by atoms with E-state index in [1.54, 1.807) is 27.1 Å². The molecule has 0 aliphatic heterocycles. The predicted molar refractivity (Wildman–Crippen MR) is 303 cm³/mol. The number of nitrogens with zero attached hydrogens (tertiary/aromatic N) is 1. The molecule has 347 valence electrons. The highest BCUT2D eigenvalue weighted by Crippen LogP contribution is 2.45. The average Bonchev–Trinajstić information content (AvgIpc) is 3.01. The van der Waals surface area contributed by atoms with E-state index in [1.165, 1.54) is 33.4 Å². The fourth-order valence-corrected chi connectivity index (χ4v) is 54.4. The highest BCUT2D eigenvalue weighted by atomic mass is 28.4. The molecule has 1 radical (unpaired) electrons. The van der Waals surface area contributed by atoms with E-state index in [4.69, 9.17) is 9.73 Å². The molecule has 0 amide bonds. The second-order valence-corrected chi connectivity index (χ2v) is 62.7. The number of hydrogen-bond acceptors (Lipinski definition) is 2. The largest absolute Gasteiger partial charge is 0.486 e. The van der Waals surface area contributed by atoms with Crippen LogP contribution in [0.2, 0.25) is 118 Å². The summed E-state index contributed by atoms with van der Waals surface area (Å²) in [6.45, 7) is 69.2. The molecule has 0 aliphatic rings. The second kappa shape index (κ2) is 19.9. The first-order chi connectivity index (χ1) is 27.8. The van der Waals surface area contributed by atoms with E-state index in [0.29, 0.717) is 39.5 Å². The summed E-state index contributed by atoms with van der Waals surface area (Å²) in [5, 5.41) is 5.24. The predicted octanol–water partition coefficient (Wildman–Crippen LogP) is 16.0. The quantitative estimate of drug-likeness (QED) is 0.0707. The molecule has 3 rings (SSSR count). The molecule has 0 bridgehead atoms. The Bertz CT molecular complexity index is 1890. The topological polar surface area (TPSA) is 21.6 Å². The molecule has 2 nitrogen and oxygen atoms in total. The molecular weight excluding hydrogens is 863 g/mol. The van der Waals surface area contributed by atoms with E-state index < -0.39 is 57.2 Å². The van der Waals surface area contributed by atoms with Gasteiger partial charge in [0.25, 0.3) is 0 Å². The smallest absolute Gasteiger partial charge is 0.174 e. The number of hydrogen-bond donors (Lipinski definition) is 0. The number of aliphatic imine (C=N–C) groups is 1. The maximum atomic E-state index is 7.11. The number of ether oxygens (including phenoxy) is 1. The van der Waals surface area contributed by atoms with E-state index >= 15 is 0 Å². The van der Waals surface area contributed by atoms with Crippen molar-refractivity contribution in [1.82, 2.24) is 0 Å². The van der Waals surface area contributed by atoms with Crippen molar-refractivity contribution in [2.75, 3.05) is 6.23 Å². The molecule has 0 heterocycles. The van der Waals surface area contributed by atoms with Gasteiger partial charge in [-0.25, -0.2) is 4.99 Å². The van der Waals surface area contributed by atoms with Gasteiger partial charge in [0.15, 0.2) is 15.2 Å². The van der Waals surface area contributed by atoms with E-state index in [0.717, 1.165) is 5.69 Å². The summed E-state index contributed by atoms with van der Waals surface area (Å²) >= 11 is 0. The van der Waals surface area contributed by atoms with Gasteiger partial charge in [-0.15, -0.1) is 0 Å². The lowest BCUT2D eigenvalue weighted by Crippen LogP contribution is -2.59. The summed E-state index contributed by atoms with van der Waals surface area (Å²) in [5.41, 5.74) is 14.6. The van der Waals surface area contributed by atoms with Crippen molar-refractivity contribution in [3.8, 4) is 0 Å². The molecule has 9 heteroatoms. The molecule has 0 spiro atoms. The summed E-state index contributed by atoms with van der Waals surface area (Å²) in [5.74, 6) is 1.21. The molecule has 0 N–H and O–H groups in total. The number of benzene rings is 3. The average molecular weight is 960 g/mol. The Morgan fingerprint density at radius 1 is 0.452 bits per heavy atom. The number of aryl methyl sites for hydroxylation is 3. The van der Waals surface area contributed by atoms with Gasteiger partial charge >= 0.3 is 0 Å². The van der Waals surface area contributed by atoms with Crippen molar-refractivity contribution < 1.29 is 4.74 Å². The summed E-state index contributed by atoms with van der Waals surface area (Å²) in [6, 6.07) is 15.5. The summed E-state index contributed by atoms with van der Waals surface area (Å²) in [6.07, 6.45) is 2.55. The zero-order chi connectivity index (χ0) is 48.0. The molecule has 3 aromatic carbocycles. The van der Waals surface area contributed by atoms with Crippen LogP contribution < -0.4 is 10.4 Å². The van der Waals surface area contributed by atoms with Crippen LogP contribution in [-0.4, -0.2) is 69.9 Å². The number of rotatable bonds is 18. The van der Waals surface area contributed by atoms with Crippen LogP contribution in [0.3, 0.4) is 0 Å². The third-order valence-electron chi connectivity index (χ3n) is 13.2. The molecule has 3 aromatic rings. The molecule has 0 fully saturated rings. The van der Waals surface area contributed by atoms with Crippen molar-refractivity contribution in [2.45, 2.75) is 213 Å². The monoisotopic (exact) mass is 959 g/mol. The Morgan fingerprint density at radius 3 is 1.10 bits per heavy atom. The lowest BCUT2D eigenvalue weighted by atomic mass is 9.87. The SMILES string of the molecule is Cc1cc(C)c([Si](COC=Nc2c(C(C)C)cc(C(C)C)cc2C(C)C)c2c(C([Si](C)(C)C)[Si](C)(C)C)cc(C([Si](C)(C)C)[Si](C)(C)C)cc2C([Si](C)(C)C)[Si](C)(C)C)c(C)c1. The minimum absolute atomic E-state index is 0.371. The molecule has 0 aliphatic carbocycles. The Morgan fingerprint density at radius 2 is 0.790 bits per heavy atom. The van der Waals surface area contributed by atoms with E-state index in [-0.39, 0.29) is 0 Å². The maximum absolute atomic E-state index is 7.11. The van der Waals surface area contributed by atoms with Gasteiger partial charge in [0.05, 0.1) is 11.9 Å². The van der Waals surface area contributed by atoms with Gasteiger partial charge in [-0.3, -0.25) is 0 Å². The van der Waals surface area contributed by atoms with Crippen LogP contribution in [0.1, 0.15) is 125 Å². The van der Waals surface area contributed by atoms with Gasteiger partial charge in [0.1, 0.15) is 0 Å². The van der Waals surface area contributed by atoms with Gasteiger partial charge in [-0.1, -0.05) is 224 Å². The van der Waals surface area contributed by atoms with Crippen molar-refractivity contribution in [1.29, 1.82) is 0 Å². The summed E-state index contributed by atoms with van der Waals surface area (Å²) in [7, 11) is -11.7. The molecule has 0 atom stereocenters. The van der Waals surface area contributed by atoms with Crippen LogP contribution in [-0.2, 0) is 4.74 Å². The highest BCUT2D eigenvalue weighted by molar-refractivity contribution is 6.99. The van der Waals surface area contributed by atoms with Crippen LogP contribution in [0, 0.1) is 20.8 Å². The van der Waals surface area contributed by atoms with Crippen molar-refractivity contribution in [3.63, 3.8) is 0 Å². The molecule has 62 heavy (non-hydrogen) atoms. The van der Waals surface area contributed by atoms with Gasteiger partial charge in [-0.2, -0.15) is 0 Å². The highest BCUT2D eigenvalue weighted by Gasteiger charge is 2.48. The van der Waals surface area contributed by atoms with E-state index in [9.17, 15) is 0 Å². The molecule has 0 saturated heterocycles. The molecule has 0 saturated carbocycles. The standard InChI is InChI=1S/C53H96NOSi7/c1-36(2)42-30-44(37(3)4)48(45(31-42)38(5)6)54-34-55-35-56(49-40(8)28-39(7)29-41(49)9)50-46(52(59(16,17)18)60(19,20)21)32-43(51(57(10,11)12)58(13,14)15)33-47(50)53(61(22,23)24)62(25,26)27/h28-34,36-38,51-53H,35H2,1-27H3.